The van der Waals surface area contributed by atoms with Crippen molar-refractivity contribution >= 4 is 5.69 Å². The average Bonchev–Trinajstić information content (AvgIpc) is 3.36. The lowest BCUT2D eigenvalue weighted by Gasteiger charge is -2.46. The Hall–Kier alpha value is -3.30. The van der Waals surface area contributed by atoms with E-state index in [1.165, 1.54) is 17.7 Å². The van der Waals surface area contributed by atoms with Gasteiger partial charge in [-0.05, 0) is 36.6 Å². The van der Waals surface area contributed by atoms with Crippen LogP contribution in [0.15, 0.2) is 71.2 Å². The van der Waals surface area contributed by atoms with Gasteiger partial charge in [-0.15, -0.1) is 0 Å². The molecule has 38 heavy (non-hydrogen) atoms. The number of nitrogens with one attached hydrogen (secondary N) is 1. The molecule has 2 fully saturated rings. The maximum absolute atomic E-state index is 14.0. The minimum absolute atomic E-state index is 0.237. The van der Waals surface area contributed by atoms with Gasteiger partial charge in [-0.3, -0.25) is 9.89 Å². The maximum atomic E-state index is 14.0. The van der Waals surface area contributed by atoms with E-state index in [0.717, 1.165) is 48.2 Å². The first kappa shape index (κ1) is 25.0. The lowest BCUT2D eigenvalue weighted by atomic mass is 9.63. The Balaban J connectivity index is 1.39. The number of hydrogen-bond donors (Lipinski definition) is 3. The number of rotatable bonds is 3. The first-order chi connectivity index (χ1) is 18.1. The molecule has 9 heteroatoms. The van der Waals surface area contributed by atoms with E-state index in [1.54, 1.807) is 18.2 Å². The van der Waals surface area contributed by atoms with Crippen LogP contribution >= 0.6 is 0 Å². The molecule has 2 atom stereocenters. The van der Waals surface area contributed by atoms with Gasteiger partial charge in [0.05, 0.1) is 23.5 Å². The third-order valence-electron chi connectivity index (χ3n) is 8.77. The van der Waals surface area contributed by atoms with Gasteiger partial charge in [-0.1, -0.05) is 61.7 Å². The molecule has 6 rings (SSSR count). The fraction of sp³-hybridized carbons (Fsp3) is 0.414. The lowest BCUT2D eigenvalue weighted by Crippen LogP contribution is -2.55. The van der Waals surface area contributed by atoms with E-state index >= 15 is 0 Å². The van der Waals surface area contributed by atoms with Crippen molar-refractivity contribution in [3.8, 4) is 5.69 Å². The summed E-state index contributed by atoms with van der Waals surface area (Å²) in [6.07, 6.45) is -0.610. The fourth-order valence-corrected chi connectivity index (χ4v) is 6.90. The zero-order valence-corrected chi connectivity index (χ0v) is 20.9. The molecule has 2 unspecified atom stereocenters. The van der Waals surface area contributed by atoms with Crippen molar-refractivity contribution in [1.82, 2.24) is 9.78 Å². The smallest absolute Gasteiger partial charge is 0.392 e. The number of alkyl halides is 3. The number of anilines is 1. The van der Waals surface area contributed by atoms with E-state index in [9.17, 15) is 28.2 Å². The number of para-hydroxylation sites is 2. The first-order valence-electron chi connectivity index (χ1n) is 13.0. The Morgan fingerprint density at radius 3 is 2.26 bits per heavy atom. The number of aliphatic hydroxyl groups is 2. The highest BCUT2D eigenvalue weighted by Gasteiger charge is 2.55. The third kappa shape index (κ3) is 3.59. The quantitative estimate of drug-likeness (QED) is 0.457. The number of fused-ring (bicyclic) bond motifs is 2. The highest BCUT2D eigenvalue weighted by Crippen LogP contribution is 2.56. The van der Waals surface area contributed by atoms with Gasteiger partial charge in [0.15, 0.2) is 0 Å². The number of likely N-dealkylation sites (N-methyl/N-ethyl adjacent to an activating group) is 1. The minimum Gasteiger partial charge on any atom is -0.392 e. The zero-order chi connectivity index (χ0) is 26.8. The van der Waals surface area contributed by atoms with Crippen LogP contribution in [0.3, 0.4) is 0 Å². The summed E-state index contributed by atoms with van der Waals surface area (Å²) in [4.78, 5) is 15.3. The summed E-state index contributed by atoms with van der Waals surface area (Å²) in [6, 6.07) is 16.1. The van der Waals surface area contributed by atoms with Crippen LogP contribution in [0, 0.1) is 5.92 Å². The highest BCUT2D eigenvalue weighted by atomic mass is 19.4. The standard InChI is InChI=1S/C29H30F3N3O3/c1-34-20-13-7-6-12-19(20)28(14-8-3-9-15-28)21(34)16-18-24(36)22(25(18)37)23-26(29(30,31)32)33-35(27(23)38)17-10-4-2-5-11-17/h2,4-7,10-13,16,18,22,24-25,33,36-37H,3,8-9,14-15H2,1H3. The van der Waals surface area contributed by atoms with Crippen LogP contribution in [0.4, 0.5) is 18.9 Å². The Morgan fingerprint density at radius 2 is 1.61 bits per heavy atom. The summed E-state index contributed by atoms with van der Waals surface area (Å²) in [7, 11) is 1.95. The molecule has 2 saturated carbocycles. The Labute approximate surface area is 218 Å². The van der Waals surface area contributed by atoms with E-state index in [0.29, 0.717) is 0 Å². The van der Waals surface area contributed by atoms with E-state index < -0.39 is 47.0 Å². The molecule has 2 aromatic carbocycles. The lowest BCUT2D eigenvalue weighted by molar-refractivity contribution is -0.145. The van der Waals surface area contributed by atoms with E-state index in [-0.39, 0.29) is 11.1 Å². The molecule has 1 aliphatic heterocycles. The normalized spacial score (nSPS) is 27.5. The van der Waals surface area contributed by atoms with Gasteiger partial charge in [-0.25, -0.2) is 4.68 Å². The van der Waals surface area contributed by atoms with Crippen LogP contribution in [0.1, 0.15) is 54.8 Å². The summed E-state index contributed by atoms with van der Waals surface area (Å²) >= 11 is 0. The molecule has 3 aromatic rings. The van der Waals surface area contributed by atoms with Crippen molar-refractivity contribution in [1.29, 1.82) is 0 Å². The van der Waals surface area contributed by atoms with Gasteiger partial charge in [0.25, 0.3) is 5.56 Å². The second kappa shape index (κ2) is 8.88. The second-order valence-corrected chi connectivity index (χ2v) is 10.7. The predicted octanol–water partition coefficient (Wildman–Crippen LogP) is 4.86. The minimum atomic E-state index is -4.86. The summed E-state index contributed by atoms with van der Waals surface area (Å²) in [6.45, 7) is 0. The summed E-state index contributed by atoms with van der Waals surface area (Å²) in [5.41, 5.74) is 0.431. The number of benzene rings is 2. The van der Waals surface area contributed by atoms with Crippen LogP contribution in [0.2, 0.25) is 0 Å². The van der Waals surface area contributed by atoms with Crippen molar-refractivity contribution in [2.24, 2.45) is 5.92 Å². The molecule has 3 aliphatic rings. The molecule has 2 heterocycles. The number of aliphatic hydroxyl groups excluding tert-OH is 2. The summed E-state index contributed by atoms with van der Waals surface area (Å²) in [5.74, 6) is -2.16. The number of halogens is 3. The molecule has 0 amide bonds. The molecule has 1 aromatic heterocycles. The number of H-pyrrole nitrogens is 1. The van der Waals surface area contributed by atoms with Gasteiger partial charge in [-0.2, -0.15) is 13.2 Å². The molecule has 6 nitrogen and oxygen atoms in total. The van der Waals surface area contributed by atoms with Gasteiger partial charge in [0.1, 0.15) is 5.69 Å². The number of aromatic nitrogens is 2. The second-order valence-electron chi connectivity index (χ2n) is 10.7. The Morgan fingerprint density at radius 1 is 0.974 bits per heavy atom. The maximum Gasteiger partial charge on any atom is 0.433 e. The van der Waals surface area contributed by atoms with Crippen LogP contribution in [0.25, 0.3) is 5.69 Å². The van der Waals surface area contributed by atoms with Gasteiger partial charge < -0.3 is 15.1 Å². The van der Waals surface area contributed by atoms with Crippen molar-refractivity contribution in [2.75, 3.05) is 11.9 Å². The molecule has 2 aliphatic carbocycles. The van der Waals surface area contributed by atoms with Crippen LogP contribution < -0.4 is 10.5 Å². The Kier molecular flexibility index (Phi) is 5.84. The third-order valence-corrected chi connectivity index (χ3v) is 8.77. The number of hydrogen-bond acceptors (Lipinski definition) is 4. The largest absolute Gasteiger partial charge is 0.433 e. The van der Waals surface area contributed by atoms with E-state index in [4.69, 9.17) is 0 Å². The number of allylic oxidation sites excluding steroid dienone is 1. The average molecular weight is 526 g/mol. The summed E-state index contributed by atoms with van der Waals surface area (Å²) < 4.78 is 42.9. The fourth-order valence-electron chi connectivity index (χ4n) is 6.90. The molecule has 0 saturated heterocycles. The van der Waals surface area contributed by atoms with E-state index in [1.807, 2.05) is 31.3 Å². The SMILES string of the molecule is CN1C(=CC2C(O)C(c3c(C(F)(F)F)[nH]n(-c4ccccc4)c3=O)C2O)C2(CCCCC2)c2ccccc21. The van der Waals surface area contributed by atoms with Crippen LogP contribution in [0.5, 0.6) is 0 Å². The predicted molar refractivity (Wildman–Crippen MR) is 137 cm³/mol. The molecule has 3 N–H and O–H groups in total. The number of nitrogens with zero attached hydrogens (tertiary/aromatic N) is 2. The van der Waals surface area contributed by atoms with Crippen LogP contribution in [-0.2, 0) is 11.6 Å². The molecular formula is C29H30F3N3O3. The monoisotopic (exact) mass is 525 g/mol. The van der Waals surface area contributed by atoms with Gasteiger partial charge >= 0.3 is 6.18 Å². The van der Waals surface area contributed by atoms with Gasteiger partial charge in [0, 0.05) is 35.7 Å². The molecule has 1 spiro atoms. The summed E-state index contributed by atoms with van der Waals surface area (Å²) in [5, 5.41) is 24.6. The number of aromatic amines is 1. The molecule has 0 bridgehead atoms. The molecular weight excluding hydrogens is 495 g/mol. The van der Waals surface area contributed by atoms with Crippen molar-refractivity contribution in [3.05, 3.63) is 93.5 Å². The zero-order valence-electron chi connectivity index (χ0n) is 20.9. The van der Waals surface area contributed by atoms with Crippen molar-refractivity contribution in [3.63, 3.8) is 0 Å². The highest BCUT2D eigenvalue weighted by molar-refractivity contribution is 5.70. The first-order valence-corrected chi connectivity index (χ1v) is 13.0. The molecule has 200 valence electrons. The van der Waals surface area contributed by atoms with Gasteiger partial charge in [0.2, 0.25) is 0 Å². The van der Waals surface area contributed by atoms with Crippen LogP contribution in [-0.4, -0.2) is 39.2 Å². The van der Waals surface area contributed by atoms with Crippen molar-refractivity contribution < 1.29 is 23.4 Å². The topological polar surface area (TPSA) is 81.5 Å². The van der Waals surface area contributed by atoms with E-state index in [2.05, 4.69) is 16.1 Å². The molecule has 0 radical (unpaired) electrons. The van der Waals surface area contributed by atoms with Crippen molar-refractivity contribution in [2.45, 2.75) is 61.8 Å². The Bertz CT molecular complexity index is 1430.